The van der Waals surface area contributed by atoms with Crippen LogP contribution in [0.15, 0.2) is 24.3 Å². The minimum Gasteiger partial charge on any atom is -0.497 e. The summed E-state index contributed by atoms with van der Waals surface area (Å²) in [6.07, 6.45) is 1.54. The molecule has 1 aromatic rings. The number of likely N-dealkylation sites (tertiary alicyclic amines) is 1. The van der Waals surface area contributed by atoms with Crippen molar-refractivity contribution in [2.45, 2.75) is 57.9 Å². The number of rotatable bonds is 7. The second kappa shape index (κ2) is 9.49. The van der Waals surface area contributed by atoms with Crippen LogP contribution >= 0.6 is 11.8 Å². The molecule has 0 aromatic heterocycles. The van der Waals surface area contributed by atoms with E-state index in [0.29, 0.717) is 13.0 Å². The molecule has 0 bridgehead atoms. The Kier molecular flexibility index (Phi) is 7.59. The molecule has 6 heteroatoms. The van der Waals surface area contributed by atoms with Gasteiger partial charge in [0.05, 0.1) is 7.11 Å². The maximum Gasteiger partial charge on any atom is 0.329 e. The number of methoxy groups -OCH3 is 1. The van der Waals surface area contributed by atoms with Crippen LogP contribution in [-0.4, -0.2) is 47.8 Å². The van der Waals surface area contributed by atoms with Crippen LogP contribution in [0.1, 0.15) is 46.1 Å². The van der Waals surface area contributed by atoms with E-state index in [4.69, 9.17) is 9.47 Å². The molecule has 1 aliphatic heterocycles. The standard InChI is InChI=1S/C21H31NO4S/c1-15(13-27-14-16-8-10-17(25-5)11-9-16)19(23)22-12-6-7-18(22)20(24)26-21(2,3)4/h8-11,15,18H,6-7,12-14H2,1-5H3/t15?,18-/m0/s1. The number of hydrogen-bond acceptors (Lipinski definition) is 5. The van der Waals surface area contributed by atoms with Crippen molar-refractivity contribution < 1.29 is 19.1 Å². The molecule has 2 atom stereocenters. The van der Waals surface area contributed by atoms with Crippen molar-refractivity contribution in [1.29, 1.82) is 0 Å². The fourth-order valence-corrected chi connectivity index (χ4v) is 4.12. The van der Waals surface area contributed by atoms with Gasteiger partial charge in [-0.05, 0) is 51.3 Å². The van der Waals surface area contributed by atoms with Gasteiger partial charge in [-0.3, -0.25) is 4.79 Å². The van der Waals surface area contributed by atoms with E-state index < -0.39 is 11.6 Å². The quantitative estimate of drug-likeness (QED) is 0.658. The van der Waals surface area contributed by atoms with Crippen LogP contribution < -0.4 is 4.74 Å². The number of carbonyl (C=O) groups is 2. The Morgan fingerprint density at radius 2 is 1.93 bits per heavy atom. The lowest BCUT2D eigenvalue weighted by Gasteiger charge is -2.29. The van der Waals surface area contributed by atoms with Crippen molar-refractivity contribution >= 4 is 23.6 Å². The molecular weight excluding hydrogens is 362 g/mol. The highest BCUT2D eigenvalue weighted by Crippen LogP contribution is 2.25. The normalized spacial score (nSPS) is 18.3. The van der Waals surface area contributed by atoms with Gasteiger partial charge in [-0.1, -0.05) is 19.1 Å². The number of esters is 1. The van der Waals surface area contributed by atoms with E-state index in [2.05, 4.69) is 0 Å². The van der Waals surface area contributed by atoms with Crippen LogP contribution in [0.25, 0.3) is 0 Å². The Bertz CT molecular complexity index is 639. The Hall–Kier alpha value is -1.69. The van der Waals surface area contributed by atoms with Gasteiger partial charge >= 0.3 is 5.97 Å². The number of nitrogens with zero attached hydrogens (tertiary/aromatic N) is 1. The molecule has 150 valence electrons. The third-order valence-corrected chi connectivity index (χ3v) is 5.71. The van der Waals surface area contributed by atoms with Crippen molar-refractivity contribution in [3.8, 4) is 5.75 Å². The Morgan fingerprint density at radius 3 is 2.52 bits per heavy atom. The van der Waals surface area contributed by atoms with Crippen molar-refractivity contribution in [2.75, 3.05) is 19.4 Å². The Balaban J connectivity index is 1.84. The van der Waals surface area contributed by atoms with Crippen molar-refractivity contribution in [1.82, 2.24) is 4.90 Å². The number of benzene rings is 1. The molecule has 1 amide bonds. The largest absolute Gasteiger partial charge is 0.497 e. The highest BCUT2D eigenvalue weighted by Gasteiger charge is 2.38. The van der Waals surface area contributed by atoms with Gasteiger partial charge in [0.15, 0.2) is 0 Å². The summed E-state index contributed by atoms with van der Waals surface area (Å²) in [6, 6.07) is 7.53. The fraction of sp³-hybridized carbons (Fsp3) is 0.619. The first kappa shape index (κ1) is 21.6. The van der Waals surface area contributed by atoms with Crippen molar-refractivity contribution in [2.24, 2.45) is 5.92 Å². The summed E-state index contributed by atoms with van der Waals surface area (Å²) in [5.74, 6) is 2.04. The van der Waals surface area contributed by atoms with Crippen molar-refractivity contribution in [3.05, 3.63) is 29.8 Å². The lowest BCUT2D eigenvalue weighted by Crippen LogP contribution is -2.45. The van der Waals surface area contributed by atoms with Crippen LogP contribution in [-0.2, 0) is 20.1 Å². The molecule has 0 saturated carbocycles. The van der Waals surface area contributed by atoms with Gasteiger partial charge in [0, 0.05) is 24.0 Å². The zero-order chi connectivity index (χ0) is 20.0. The van der Waals surface area contributed by atoms with E-state index in [1.54, 1.807) is 23.8 Å². The van der Waals surface area contributed by atoms with Crippen LogP contribution in [0.5, 0.6) is 5.75 Å². The zero-order valence-corrected chi connectivity index (χ0v) is 17.8. The summed E-state index contributed by atoms with van der Waals surface area (Å²) in [6.45, 7) is 8.13. The lowest BCUT2D eigenvalue weighted by atomic mass is 10.1. The highest BCUT2D eigenvalue weighted by atomic mass is 32.2. The van der Waals surface area contributed by atoms with Crippen LogP contribution in [0, 0.1) is 5.92 Å². The average Bonchev–Trinajstić information content (AvgIpc) is 3.10. The maximum atomic E-state index is 12.8. The molecule has 0 spiro atoms. The third-order valence-electron chi connectivity index (χ3n) is 4.43. The molecule has 0 radical (unpaired) electrons. The molecule has 2 rings (SSSR count). The van der Waals surface area contributed by atoms with Gasteiger partial charge in [0.1, 0.15) is 17.4 Å². The second-order valence-electron chi connectivity index (χ2n) is 7.99. The lowest BCUT2D eigenvalue weighted by molar-refractivity contribution is -0.163. The molecule has 5 nitrogen and oxygen atoms in total. The third kappa shape index (κ3) is 6.45. The molecular formula is C21H31NO4S. The Morgan fingerprint density at radius 1 is 1.26 bits per heavy atom. The molecule has 27 heavy (non-hydrogen) atoms. The van der Waals surface area contributed by atoms with Crippen LogP contribution in [0.4, 0.5) is 0 Å². The SMILES string of the molecule is COc1ccc(CSCC(C)C(=O)N2CCC[C@H]2C(=O)OC(C)(C)C)cc1. The predicted molar refractivity (Wildman–Crippen MR) is 109 cm³/mol. The molecule has 1 saturated heterocycles. The topological polar surface area (TPSA) is 55.8 Å². The fourth-order valence-electron chi connectivity index (χ4n) is 3.08. The van der Waals surface area contributed by atoms with E-state index in [1.165, 1.54) is 5.56 Å². The van der Waals surface area contributed by atoms with Gasteiger partial charge in [-0.2, -0.15) is 11.8 Å². The molecule has 1 aliphatic rings. The van der Waals surface area contributed by atoms with E-state index in [9.17, 15) is 9.59 Å². The van der Waals surface area contributed by atoms with E-state index in [1.807, 2.05) is 52.0 Å². The summed E-state index contributed by atoms with van der Waals surface area (Å²) in [4.78, 5) is 27.0. The monoisotopic (exact) mass is 393 g/mol. The minimum absolute atomic E-state index is 0.0468. The van der Waals surface area contributed by atoms with Crippen molar-refractivity contribution in [3.63, 3.8) is 0 Å². The number of amides is 1. The van der Waals surface area contributed by atoms with Gasteiger partial charge in [0.2, 0.25) is 5.91 Å². The number of thioether (sulfide) groups is 1. The molecule has 0 N–H and O–H groups in total. The Labute approximate surface area is 166 Å². The molecule has 0 aliphatic carbocycles. The van der Waals surface area contributed by atoms with Gasteiger partial charge in [0.25, 0.3) is 0 Å². The summed E-state index contributed by atoms with van der Waals surface area (Å²) in [5, 5.41) is 0. The summed E-state index contributed by atoms with van der Waals surface area (Å²) < 4.78 is 10.7. The van der Waals surface area contributed by atoms with Crippen LogP contribution in [0.2, 0.25) is 0 Å². The summed E-state index contributed by atoms with van der Waals surface area (Å²) >= 11 is 1.73. The molecule has 1 fully saturated rings. The molecule has 1 aromatic carbocycles. The van der Waals surface area contributed by atoms with E-state index in [-0.39, 0.29) is 17.8 Å². The summed E-state index contributed by atoms with van der Waals surface area (Å²) in [7, 11) is 1.65. The maximum absolute atomic E-state index is 12.8. The van der Waals surface area contributed by atoms with E-state index in [0.717, 1.165) is 23.7 Å². The first-order valence-electron chi connectivity index (χ1n) is 9.45. The first-order chi connectivity index (χ1) is 12.7. The molecule has 1 heterocycles. The minimum atomic E-state index is -0.534. The van der Waals surface area contributed by atoms with Gasteiger partial charge in [-0.15, -0.1) is 0 Å². The zero-order valence-electron chi connectivity index (χ0n) is 17.0. The number of carbonyl (C=O) groups excluding carboxylic acids is 2. The molecule has 1 unspecified atom stereocenters. The van der Waals surface area contributed by atoms with E-state index >= 15 is 0 Å². The number of hydrogen-bond donors (Lipinski definition) is 0. The van der Waals surface area contributed by atoms with Gasteiger partial charge < -0.3 is 14.4 Å². The number of ether oxygens (including phenoxy) is 2. The average molecular weight is 394 g/mol. The van der Waals surface area contributed by atoms with Crippen LogP contribution in [0.3, 0.4) is 0 Å². The second-order valence-corrected chi connectivity index (χ2v) is 9.02. The van der Waals surface area contributed by atoms with Gasteiger partial charge in [-0.25, -0.2) is 4.79 Å². The summed E-state index contributed by atoms with van der Waals surface area (Å²) in [5.41, 5.74) is 0.669. The predicted octanol–water partition coefficient (Wildman–Crippen LogP) is 3.90. The first-order valence-corrected chi connectivity index (χ1v) is 10.6. The highest BCUT2D eigenvalue weighted by molar-refractivity contribution is 7.98. The smallest absolute Gasteiger partial charge is 0.329 e.